The van der Waals surface area contributed by atoms with Gasteiger partial charge >= 0.3 is 0 Å². The van der Waals surface area contributed by atoms with Crippen LogP contribution in [0.15, 0.2) is 42.6 Å². The Labute approximate surface area is 188 Å². The quantitative estimate of drug-likeness (QED) is 0.589. The lowest BCUT2D eigenvalue weighted by Crippen LogP contribution is -2.43. The summed E-state index contributed by atoms with van der Waals surface area (Å²) in [6.07, 6.45) is 4.24. The third-order valence-corrected chi connectivity index (χ3v) is 6.65. The number of H-pyrrole nitrogens is 1. The summed E-state index contributed by atoms with van der Waals surface area (Å²) in [6, 6.07) is 11.6. The molecule has 0 fully saturated rings. The Morgan fingerprint density at radius 3 is 2.72 bits per heavy atom. The molecule has 0 aliphatic carbocycles. The number of ether oxygens (including phenoxy) is 2. The molecule has 0 saturated heterocycles. The first-order valence-electron chi connectivity index (χ1n) is 10.7. The average molecular weight is 457 g/mol. The molecule has 170 valence electrons. The molecule has 0 unspecified atom stereocenters. The number of nitrogens with zero attached hydrogens (tertiary/aromatic N) is 1. The van der Waals surface area contributed by atoms with Crippen molar-refractivity contribution in [3.05, 3.63) is 59.3 Å². The van der Waals surface area contributed by atoms with Gasteiger partial charge in [0.25, 0.3) is 0 Å². The lowest BCUT2D eigenvalue weighted by atomic mass is 9.88. The molecule has 0 saturated carbocycles. The topological polar surface area (TPSA) is 88.7 Å². The number of carbonyl (C=O) groups is 1. The fraction of sp³-hybridized carbons (Fsp3) is 0.375. The lowest BCUT2D eigenvalue weighted by molar-refractivity contribution is -0.131. The molecule has 1 atom stereocenters. The molecule has 0 spiro atoms. The minimum Gasteiger partial charge on any atom is -0.493 e. The highest BCUT2D eigenvalue weighted by atomic mass is 32.2. The number of para-hydroxylation sites is 1. The Morgan fingerprint density at radius 1 is 1.22 bits per heavy atom. The fourth-order valence-electron chi connectivity index (χ4n) is 4.47. The van der Waals surface area contributed by atoms with E-state index in [1.54, 1.807) is 12.0 Å². The predicted octanol–water partition coefficient (Wildman–Crippen LogP) is 3.29. The van der Waals surface area contributed by atoms with Crippen molar-refractivity contribution in [1.82, 2.24) is 9.88 Å². The molecule has 1 N–H and O–H groups in total. The molecule has 8 heteroatoms. The summed E-state index contributed by atoms with van der Waals surface area (Å²) in [5.74, 6) is 0.403. The number of aromatic nitrogens is 1. The van der Waals surface area contributed by atoms with E-state index in [1.807, 2.05) is 49.5 Å². The van der Waals surface area contributed by atoms with Crippen LogP contribution in [0.5, 0.6) is 11.5 Å². The van der Waals surface area contributed by atoms with Gasteiger partial charge in [-0.15, -0.1) is 0 Å². The average Bonchev–Trinajstić information content (AvgIpc) is 3.15. The first kappa shape index (κ1) is 22.2. The SMILES string of the molecule is CCOc1cc2c(cc1OC)CCN(C(=O)CS(C)(=O)=O)[C@H]2Cc1c[nH]c2ccccc12. The van der Waals surface area contributed by atoms with Crippen LogP contribution in [0, 0.1) is 0 Å². The van der Waals surface area contributed by atoms with Crippen LogP contribution in [-0.2, 0) is 27.5 Å². The first-order valence-corrected chi connectivity index (χ1v) is 12.7. The molecule has 0 radical (unpaired) electrons. The van der Waals surface area contributed by atoms with Crippen molar-refractivity contribution in [3.63, 3.8) is 0 Å². The summed E-state index contributed by atoms with van der Waals surface area (Å²) >= 11 is 0. The molecular weight excluding hydrogens is 428 g/mol. The minimum absolute atomic E-state index is 0.308. The summed E-state index contributed by atoms with van der Waals surface area (Å²) in [5, 5.41) is 1.09. The van der Waals surface area contributed by atoms with Crippen molar-refractivity contribution in [3.8, 4) is 11.5 Å². The molecule has 4 rings (SSSR count). The van der Waals surface area contributed by atoms with E-state index < -0.39 is 15.6 Å². The summed E-state index contributed by atoms with van der Waals surface area (Å²) in [5.41, 5.74) is 4.15. The van der Waals surface area contributed by atoms with Crippen molar-refractivity contribution >= 4 is 26.6 Å². The van der Waals surface area contributed by atoms with E-state index in [-0.39, 0.29) is 11.9 Å². The van der Waals surface area contributed by atoms with E-state index in [1.165, 1.54) is 0 Å². The normalized spacial score (nSPS) is 16.1. The molecule has 1 amide bonds. The number of nitrogens with one attached hydrogen (secondary N) is 1. The maximum atomic E-state index is 13.0. The Balaban J connectivity index is 1.80. The van der Waals surface area contributed by atoms with Crippen LogP contribution in [0.2, 0.25) is 0 Å². The standard InChI is InChI=1S/C24H28N2O5S/c1-4-31-23-13-19-16(12-22(23)30-2)9-10-26(24(27)15-32(3,28)29)21(19)11-17-14-25-20-8-6-5-7-18(17)20/h5-8,12-14,21,25H,4,9-11,15H2,1-3H3/t21-/m0/s1. The van der Waals surface area contributed by atoms with Gasteiger partial charge in [0, 0.05) is 29.9 Å². The minimum atomic E-state index is -3.44. The highest BCUT2D eigenvalue weighted by Gasteiger charge is 2.34. The smallest absolute Gasteiger partial charge is 0.238 e. The number of aromatic amines is 1. The van der Waals surface area contributed by atoms with Gasteiger partial charge in [0.2, 0.25) is 5.91 Å². The van der Waals surface area contributed by atoms with Gasteiger partial charge in [-0.3, -0.25) is 4.79 Å². The second kappa shape index (κ2) is 8.86. The lowest BCUT2D eigenvalue weighted by Gasteiger charge is -2.38. The van der Waals surface area contributed by atoms with Crippen LogP contribution in [0.25, 0.3) is 10.9 Å². The first-order chi connectivity index (χ1) is 15.3. The number of rotatable bonds is 7. The largest absolute Gasteiger partial charge is 0.493 e. The van der Waals surface area contributed by atoms with E-state index in [2.05, 4.69) is 4.98 Å². The third kappa shape index (κ3) is 4.46. The Morgan fingerprint density at radius 2 is 2.00 bits per heavy atom. The molecule has 32 heavy (non-hydrogen) atoms. The van der Waals surface area contributed by atoms with Crippen LogP contribution < -0.4 is 9.47 Å². The molecule has 1 aliphatic heterocycles. The number of hydrogen-bond donors (Lipinski definition) is 1. The Kier molecular flexibility index (Phi) is 6.15. The molecule has 0 bridgehead atoms. The number of methoxy groups -OCH3 is 1. The highest BCUT2D eigenvalue weighted by molar-refractivity contribution is 7.91. The zero-order valence-electron chi connectivity index (χ0n) is 18.6. The highest BCUT2D eigenvalue weighted by Crippen LogP contribution is 2.40. The second-order valence-electron chi connectivity index (χ2n) is 8.12. The van der Waals surface area contributed by atoms with Crippen molar-refractivity contribution < 1.29 is 22.7 Å². The van der Waals surface area contributed by atoms with E-state index in [0.29, 0.717) is 37.5 Å². The van der Waals surface area contributed by atoms with Crippen molar-refractivity contribution in [2.24, 2.45) is 0 Å². The number of hydrogen-bond acceptors (Lipinski definition) is 5. The van der Waals surface area contributed by atoms with Crippen LogP contribution in [0.4, 0.5) is 0 Å². The zero-order chi connectivity index (χ0) is 22.9. The summed E-state index contributed by atoms with van der Waals surface area (Å²) in [4.78, 5) is 18.0. The summed E-state index contributed by atoms with van der Waals surface area (Å²) in [7, 11) is -1.83. The molecule has 2 aromatic carbocycles. The molecule has 7 nitrogen and oxygen atoms in total. The number of sulfone groups is 1. The van der Waals surface area contributed by atoms with Gasteiger partial charge in [0.05, 0.1) is 19.8 Å². The molecular formula is C24H28N2O5S. The van der Waals surface area contributed by atoms with Crippen molar-refractivity contribution in [1.29, 1.82) is 0 Å². The number of fused-ring (bicyclic) bond motifs is 2. The maximum Gasteiger partial charge on any atom is 0.238 e. The molecule has 1 aromatic heterocycles. The summed E-state index contributed by atoms with van der Waals surface area (Å²) < 4.78 is 35.0. The third-order valence-electron chi connectivity index (χ3n) is 5.88. The van der Waals surface area contributed by atoms with Gasteiger partial charge in [0.1, 0.15) is 5.75 Å². The summed E-state index contributed by atoms with van der Waals surface area (Å²) in [6.45, 7) is 2.84. The number of amides is 1. The van der Waals surface area contributed by atoms with Gasteiger partial charge in [-0.1, -0.05) is 18.2 Å². The predicted molar refractivity (Wildman–Crippen MR) is 124 cm³/mol. The van der Waals surface area contributed by atoms with Gasteiger partial charge in [-0.25, -0.2) is 8.42 Å². The van der Waals surface area contributed by atoms with Gasteiger partial charge < -0.3 is 19.4 Å². The monoisotopic (exact) mass is 456 g/mol. The fourth-order valence-corrected chi connectivity index (χ4v) is 5.09. The van der Waals surface area contributed by atoms with E-state index in [4.69, 9.17) is 9.47 Å². The Bertz CT molecular complexity index is 1250. The zero-order valence-corrected chi connectivity index (χ0v) is 19.4. The maximum absolute atomic E-state index is 13.0. The van der Waals surface area contributed by atoms with Crippen molar-refractivity contribution in [2.45, 2.75) is 25.8 Å². The van der Waals surface area contributed by atoms with E-state index in [0.717, 1.165) is 33.8 Å². The van der Waals surface area contributed by atoms with Crippen molar-refractivity contribution in [2.75, 3.05) is 32.3 Å². The molecule has 3 aromatic rings. The van der Waals surface area contributed by atoms with Gasteiger partial charge in [-0.05, 0) is 54.7 Å². The molecule has 1 aliphatic rings. The van der Waals surface area contributed by atoms with Crippen LogP contribution in [0.3, 0.4) is 0 Å². The van der Waals surface area contributed by atoms with E-state index in [9.17, 15) is 13.2 Å². The van der Waals surface area contributed by atoms with Crippen LogP contribution >= 0.6 is 0 Å². The van der Waals surface area contributed by atoms with Crippen LogP contribution in [-0.4, -0.2) is 56.5 Å². The molecule has 2 heterocycles. The second-order valence-corrected chi connectivity index (χ2v) is 10.3. The number of benzene rings is 2. The van der Waals surface area contributed by atoms with Crippen LogP contribution in [0.1, 0.15) is 29.7 Å². The van der Waals surface area contributed by atoms with Gasteiger partial charge in [0.15, 0.2) is 21.3 Å². The van der Waals surface area contributed by atoms with E-state index >= 15 is 0 Å². The van der Waals surface area contributed by atoms with Gasteiger partial charge in [-0.2, -0.15) is 0 Å². The Hall–Kier alpha value is -3.00. The number of carbonyl (C=O) groups excluding carboxylic acids is 1.